The molecule has 21 heavy (non-hydrogen) atoms. The van der Waals surface area contributed by atoms with Crippen LogP contribution in [0.25, 0.3) is 0 Å². The van der Waals surface area contributed by atoms with Crippen LogP contribution in [-0.2, 0) is 9.47 Å². The average Bonchev–Trinajstić information content (AvgIpc) is 2.46. The molecule has 1 aromatic carbocycles. The van der Waals surface area contributed by atoms with Crippen LogP contribution in [0.2, 0.25) is 0 Å². The number of nitrogens with zero attached hydrogens (tertiary/aromatic N) is 2. The van der Waals surface area contributed by atoms with Crippen molar-refractivity contribution in [3.63, 3.8) is 0 Å². The summed E-state index contributed by atoms with van der Waals surface area (Å²) in [5.74, 6) is 0. The summed E-state index contributed by atoms with van der Waals surface area (Å²) < 4.78 is 11.4. The molecule has 118 valence electrons. The molecule has 6 nitrogen and oxygen atoms in total. The van der Waals surface area contributed by atoms with Crippen molar-refractivity contribution >= 4 is 27.3 Å². The molecule has 0 unspecified atom stereocenters. The van der Waals surface area contributed by atoms with Gasteiger partial charge in [-0.2, -0.15) is 0 Å². The molecular weight excluding hydrogens is 340 g/mol. The highest BCUT2D eigenvalue weighted by Gasteiger charge is 2.19. The highest BCUT2D eigenvalue weighted by molar-refractivity contribution is 9.10. The first-order valence-electron chi connectivity index (χ1n) is 6.94. The minimum atomic E-state index is -0.367. The number of hydrogen-bond donors (Lipinski definition) is 0. The molecule has 0 aliphatic heterocycles. The van der Waals surface area contributed by atoms with Gasteiger partial charge in [-0.25, -0.2) is 0 Å². The van der Waals surface area contributed by atoms with Gasteiger partial charge in [0.15, 0.2) is 0 Å². The van der Waals surface area contributed by atoms with Gasteiger partial charge in [-0.1, -0.05) is 15.9 Å². The molecular formula is C14H21BrN2O4. The van der Waals surface area contributed by atoms with E-state index < -0.39 is 0 Å². The zero-order valence-corrected chi connectivity index (χ0v) is 14.0. The van der Waals surface area contributed by atoms with Crippen LogP contribution >= 0.6 is 15.9 Å². The van der Waals surface area contributed by atoms with E-state index in [4.69, 9.17) is 9.47 Å². The Morgan fingerprint density at radius 2 is 1.76 bits per heavy atom. The summed E-state index contributed by atoms with van der Waals surface area (Å²) in [5, 5.41) is 11.2. The molecule has 0 aliphatic carbocycles. The summed E-state index contributed by atoms with van der Waals surface area (Å²) in [6, 6.07) is 5.07. The van der Waals surface area contributed by atoms with Gasteiger partial charge in [0.25, 0.3) is 5.69 Å². The van der Waals surface area contributed by atoms with Crippen molar-refractivity contribution in [3.05, 3.63) is 32.8 Å². The molecule has 0 N–H and O–H groups in total. The Balaban J connectivity index is 2.91. The summed E-state index contributed by atoms with van der Waals surface area (Å²) in [4.78, 5) is 12.8. The first-order chi connectivity index (χ1) is 10.1. The lowest BCUT2D eigenvalue weighted by molar-refractivity contribution is -0.384. The number of halogens is 1. The number of hydrogen-bond acceptors (Lipinski definition) is 5. The fourth-order valence-corrected chi connectivity index (χ4v) is 2.25. The molecule has 0 amide bonds. The van der Waals surface area contributed by atoms with Crippen LogP contribution in [0.1, 0.15) is 13.8 Å². The average molecular weight is 361 g/mol. The number of rotatable bonds is 10. The standard InChI is InChI=1S/C14H21BrN2O4/c1-3-20-9-7-16(8-10-21-4-2)13-6-5-12(15)11-14(13)17(18)19/h5-6,11H,3-4,7-10H2,1-2H3. The Hall–Kier alpha value is -1.18. The normalized spacial score (nSPS) is 10.6. The second kappa shape index (κ2) is 9.70. The molecule has 7 heteroatoms. The van der Waals surface area contributed by atoms with Crippen LogP contribution in [0.5, 0.6) is 0 Å². The molecule has 0 fully saturated rings. The van der Waals surface area contributed by atoms with Crippen molar-refractivity contribution in [1.29, 1.82) is 0 Å². The van der Waals surface area contributed by atoms with Crippen molar-refractivity contribution in [1.82, 2.24) is 0 Å². The van der Waals surface area contributed by atoms with Crippen molar-refractivity contribution in [2.75, 3.05) is 44.4 Å². The predicted molar refractivity (Wildman–Crippen MR) is 86.0 cm³/mol. The Kier molecular flexibility index (Phi) is 8.26. The van der Waals surface area contributed by atoms with E-state index in [2.05, 4.69) is 15.9 Å². The van der Waals surface area contributed by atoms with Crippen LogP contribution in [0.3, 0.4) is 0 Å². The van der Waals surface area contributed by atoms with Crippen LogP contribution in [0.4, 0.5) is 11.4 Å². The van der Waals surface area contributed by atoms with E-state index in [0.29, 0.717) is 49.7 Å². The van der Waals surface area contributed by atoms with Gasteiger partial charge in [-0.05, 0) is 26.0 Å². The minimum absolute atomic E-state index is 0.0809. The van der Waals surface area contributed by atoms with E-state index in [1.165, 1.54) is 6.07 Å². The molecule has 0 atom stereocenters. The molecule has 1 rings (SSSR count). The van der Waals surface area contributed by atoms with Crippen molar-refractivity contribution in [2.24, 2.45) is 0 Å². The van der Waals surface area contributed by atoms with Gasteiger partial charge in [-0.15, -0.1) is 0 Å². The van der Waals surface area contributed by atoms with Gasteiger partial charge >= 0.3 is 0 Å². The number of benzene rings is 1. The Bertz CT molecular complexity index is 447. The topological polar surface area (TPSA) is 64.8 Å². The number of nitro benzene ring substituents is 1. The second-order valence-electron chi connectivity index (χ2n) is 4.27. The van der Waals surface area contributed by atoms with Crippen LogP contribution in [0.15, 0.2) is 22.7 Å². The van der Waals surface area contributed by atoms with E-state index >= 15 is 0 Å². The lowest BCUT2D eigenvalue weighted by Gasteiger charge is -2.24. The lowest BCUT2D eigenvalue weighted by Crippen LogP contribution is -2.31. The molecule has 1 aromatic rings. The van der Waals surface area contributed by atoms with Crippen LogP contribution in [-0.4, -0.2) is 44.4 Å². The fraction of sp³-hybridized carbons (Fsp3) is 0.571. The van der Waals surface area contributed by atoms with E-state index in [9.17, 15) is 10.1 Å². The van der Waals surface area contributed by atoms with Gasteiger partial charge in [0, 0.05) is 36.8 Å². The highest BCUT2D eigenvalue weighted by atomic mass is 79.9. The van der Waals surface area contributed by atoms with Gasteiger partial charge in [-0.3, -0.25) is 10.1 Å². The Labute approximate surface area is 133 Å². The number of nitro groups is 1. The third kappa shape index (κ3) is 5.99. The van der Waals surface area contributed by atoms with Gasteiger partial charge in [0.05, 0.1) is 18.1 Å². The molecule has 0 spiro atoms. The smallest absolute Gasteiger partial charge is 0.293 e. The summed E-state index contributed by atoms with van der Waals surface area (Å²) in [7, 11) is 0. The summed E-state index contributed by atoms with van der Waals surface area (Å²) in [6.45, 7) is 7.32. The molecule has 0 heterocycles. The Morgan fingerprint density at radius 1 is 1.19 bits per heavy atom. The largest absolute Gasteiger partial charge is 0.380 e. The Morgan fingerprint density at radius 3 is 2.24 bits per heavy atom. The third-order valence-electron chi connectivity index (χ3n) is 2.89. The summed E-state index contributed by atoms with van der Waals surface area (Å²) in [5.41, 5.74) is 0.667. The zero-order chi connectivity index (χ0) is 15.7. The first-order valence-corrected chi connectivity index (χ1v) is 7.73. The van der Waals surface area contributed by atoms with Crippen molar-refractivity contribution in [2.45, 2.75) is 13.8 Å². The number of ether oxygens (including phenoxy) is 2. The molecule has 0 aromatic heterocycles. The number of anilines is 1. The molecule has 0 aliphatic rings. The maximum Gasteiger partial charge on any atom is 0.293 e. The maximum absolute atomic E-state index is 11.2. The second-order valence-corrected chi connectivity index (χ2v) is 5.19. The monoisotopic (exact) mass is 360 g/mol. The van der Waals surface area contributed by atoms with E-state index in [1.807, 2.05) is 18.7 Å². The lowest BCUT2D eigenvalue weighted by atomic mass is 10.2. The van der Waals surface area contributed by atoms with Crippen LogP contribution in [0, 0.1) is 10.1 Å². The minimum Gasteiger partial charge on any atom is -0.380 e. The van der Waals surface area contributed by atoms with E-state index in [0.717, 1.165) is 0 Å². The van der Waals surface area contributed by atoms with Crippen LogP contribution < -0.4 is 4.90 Å². The maximum atomic E-state index is 11.2. The molecule has 0 bridgehead atoms. The van der Waals surface area contributed by atoms with Gasteiger partial charge < -0.3 is 14.4 Å². The van der Waals surface area contributed by atoms with E-state index in [-0.39, 0.29) is 10.6 Å². The molecule has 0 saturated carbocycles. The van der Waals surface area contributed by atoms with Crippen molar-refractivity contribution < 1.29 is 14.4 Å². The third-order valence-corrected chi connectivity index (χ3v) is 3.39. The molecule has 0 saturated heterocycles. The fourth-order valence-electron chi connectivity index (χ4n) is 1.90. The summed E-state index contributed by atoms with van der Waals surface area (Å²) >= 11 is 3.27. The van der Waals surface area contributed by atoms with Gasteiger partial charge in [0.2, 0.25) is 0 Å². The van der Waals surface area contributed by atoms with Crippen molar-refractivity contribution in [3.8, 4) is 0 Å². The van der Waals surface area contributed by atoms with E-state index in [1.54, 1.807) is 12.1 Å². The summed E-state index contributed by atoms with van der Waals surface area (Å²) in [6.07, 6.45) is 0. The zero-order valence-electron chi connectivity index (χ0n) is 12.4. The first kappa shape index (κ1) is 17.9. The quantitative estimate of drug-likeness (QED) is 0.364. The predicted octanol–water partition coefficient (Wildman–Crippen LogP) is 3.24. The SMILES string of the molecule is CCOCCN(CCOCC)c1ccc(Br)cc1[N+](=O)[O-]. The molecule has 0 radical (unpaired) electrons. The highest BCUT2D eigenvalue weighted by Crippen LogP contribution is 2.31. The van der Waals surface area contributed by atoms with Gasteiger partial charge in [0.1, 0.15) is 5.69 Å².